The molecule has 13 heteroatoms. The van der Waals surface area contributed by atoms with Gasteiger partial charge in [0.05, 0.1) is 33.5 Å². The molecule has 2 aliphatic heterocycles. The predicted molar refractivity (Wildman–Crippen MR) is 182 cm³/mol. The van der Waals surface area contributed by atoms with E-state index in [9.17, 15) is 9.59 Å². The Morgan fingerprint density at radius 1 is 0.725 bits per heavy atom. The van der Waals surface area contributed by atoms with Crippen molar-refractivity contribution in [2.24, 2.45) is 0 Å². The molecular formula is C38H47NO12. The number of benzene rings is 3. The van der Waals surface area contributed by atoms with Gasteiger partial charge in [0.15, 0.2) is 12.3 Å². The van der Waals surface area contributed by atoms with Gasteiger partial charge in [-0.25, -0.2) is 9.59 Å². The summed E-state index contributed by atoms with van der Waals surface area (Å²) in [6.07, 6.45) is -5.23. The highest BCUT2D eigenvalue weighted by atomic mass is 16.8. The molecule has 3 aromatic carbocycles. The fourth-order valence-corrected chi connectivity index (χ4v) is 5.84. The van der Waals surface area contributed by atoms with Gasteiger partial charge in [-0.2, -0.15) is 0 Å². The summed E-state index contributed by atoms with van der Waals surface area (Å²) < 4.78 is 60.7. The van der Waals surface area contributed by atoms with Gasteiger partial charge in [0.2, 0.25) is 11.6 Å². The van der Waals surface area contributed by atoms with Crippen LogP contribution in [0.3, 0.4) is 0 Å². The molecule has 13 nitrogen and oxygen atoms in total. The largest absolute Gasteiger partial charge is 0.467 e. The molecule has 2 saturated heterocycles. The first-order valence-electron chi connectivity index (χ1n) is 16.7. The Kier molecular flexibility index (Phi) is 13.5. The van der Waals surface area contributed by atoms with Crippen LogP contribution in [0.1, 0.15) is 30.5 Å². The Labute approximate surface area is 298 Å². The molecule has 0 aliphatic carbocycles. The molecule has 2 aliphatic rings. The van der Waals surface area contributed by atoms with Crippen LogP contribution in [0.15, 0.2) is 91.0 Å². The van der Waals surface area contributed by atoms with Crippen molar-refractivity contribution in [2.45, 2.75) is 82.0 Å². The zero-order valence-corrected chi connectivity index (χ0v) is 29.6. The third kappa shape index (κ3) is 9.70. The zero-order chi connectivity index (χ0) is 36.3. The second-order valence-corrected chi connectivity index (χ2v) is 12.4. The number of rotatable bonds is 16. The Hall–Kier alpha value is -3.92. The minimum absolute atomic E-state index is 0.00624. The average Bonchev–Trinajstić information content (AvgIpc) is 3.16. The van der Waals surface area contributed by atoms with Crippen molar-refractivity contribution in [2.75, 3.05) is 34.5 Å². The van der Waals surface area contributed by atoms with Crippen LogP contribution in [0, 0.1) is 0 Å². The van der Waals surface area contributed by atoms with E-state index in [1.807, 2.05) is 91.0 Å². The second kappa shape index (κ2) is 18.0. The molecule has 0 spiro atoms. The average molecular weight is 710 g/mol. The van der Waals surface area contributed by atoms with Crippen molar-refractivity contribution < 1.29 is 57.0 Å². The van der Waals surface area contributed by atoms with E-state index in [2.05, 4.69) is 5.32 Å². The molecule has 2 fully saturated rings. The van der Waals surface area contributed by atoms with Gasteiger partial charge >= 0.3 is 12.1 Å². The Bertz CT molecular complexity index is 1520. The van der Waals surface area contributed by atoms with Crippen LogP contribution in [0.4, 0.5) is 4.79 Å². The van der Waals surface area contributed by atoms with E-state index < -0.39 is 60.4 Å². The monoisotopic (exact) mass is 709 g/mol. The summed E-state index contributed by atoms with van der Waals surface area (Å²) in [5.41, 5.74) is 2.65. The number of ether oxygens (including phenoxy) is 10. The van der Waals surface area contributed by atoms with E-state index in [0.717, 1.165) is 16.7 Å². The number of carbonyl (C=O) groups excluding carboxylic acids is 2. The van der Waals surface area contributed by atoms with Gasteiger partial charge in [0, 0.05) is 14.2 Å². The first-order valence-corrected chi connectivity index (χ1v) is 16.7. The molecule has 1 amide bonds. The van der Waals surface area contributed by atoms with Gasteiger partial charge in [-0.15, -0.1) is 0 Å². The predicted octanol–water partition coefficient (Wildman–Crippen LogP) is 4.51. The van der Waals surface area contributed by atoms with Gasteiger partial charge in [-0.1, -0.05) is 91.0 Å². The van der Waals surface area contributed by atoms with Crippen molar-refractivity contribution >= 4 is 12.1 Å². The van der Waals surface area contributed by atoms with Gasteiger partial charge in [-0.05, 0) is 30.5 Å². The van der Waals surface area contributed by atoms with Gasteiger partial charge in [-0.3, -0.25) is 0 Å². The molecule has 0 aromatic heterocycles. The van der Waals surface area contributed by atoms with Crippen LogP contribution in [-0.4, -0.2) is 94.9 Å². The Morgan fingerprint density at radius 2 is 1.25 bits per heavy atom. The minimum atomic E-state index is -1.38. The molecule has 0 bridgehead atoms. The fourth-order valence-electron chi connectivity index (χ4n) is 5.84. The molecule has 8 atom stereocenters. The molecule has 1 N–H and O–H groups in total. The topological polar surface area (TPSA) is 138 Å². The Morgan fingerprint density at radius 3 is 1.80 bits per heavy atom. The van der Waals surface area contributed by atoms with Crippen LogP contribution in [-0.2, 0) is 72.0 Å². The standard InChI is InChI=1S/C38H47NO12/c1-37(43-4)38(2,44-5)51-32-31(50-37)30(25-45-21-26-15-9-6-10-16-26)49-35(33(32)46-22-27-17-11-7-12-18-27)47-24-29(34(40)42-3)39-36(41)48-23-28-19-13-8-14-20-28/h6-20,29-33,35H,21-25H2,1-5H3,(H,39,41)/t29-,30+,31+,32-,33-,35-,37?,38?/m0/s1. The smallest absolute Gasteiger partial charge is 0.408 e. The molecule has 2 heterocycles. The van der Waals surface area contributed by atoms with E-state index in [-0.39, 0.29) is 26.4 Å². The highest BCUT2D eigenvalue weighted by molar-refractivity contribution is 5.81. The quantitative estimate of drug-likeness (QED) is 0.210. The summed E-state index contributed by atoms with van der Waals surface area (Å²) in [7, 11) is 4.22. The maximum absolute atomic E-state index is 12.8. The normalized spacial score (nSPS) is 27.9. The number of fused-ring (bicyclic) bond motifs is 1. The summed E-state index contributed by atoms with van der Waals surface area (Å²) in [5, 5.41) is 2.54. The lowest BCUT2D eigenvalue weighted by atomic mass is 9.93. The number of methoxy groups -OCH3 is 3. The summed E-state index contributed by atoms with van der Waals surface area (Å²) in [5.74, 6) is -3.47. The van der Waals surface area contributed by atoms with Crippen LogP contribution in [0.5, 0.6) is 0 Å². The van der Waals surface area contributed by atoms with Crippen molar-refractivity contribution in [1.82, 2.24) is 5.32 Å². The Balaban J connectivity index is 1.38. The van der Waals surface area contributed by atoms with Crippen LogP contribution >= 0.6 is 0 Å². The van der Waals surface area contributed by atoms with Crippen molar-refractivity contribution in [1.29, 1.82) is 0 Å². The zero-order valence-electron chi connectivity index (χ0n) is 29.6. The number of hydrogen-bond acceptors (Lipinski definition) is 12. The molecule has 3 aromatic rings. The van der Waals surface area contributed by atoms with Crippen molar-refractivity contribution in [3.8, 4) is 0 Å². The van der Waals surface area contributed by atoms with E-state index >= 15 is 0 Å². The SMILES string of the molecule is COC(=O)[C@H](CO[C@H]1O[C@H](COCc2ccccc2)[C@H]2OC(C)(OC)C(C)(OC)O[C@@H]2[C@@H]1OCc1ccccc1)NC(=O)OCc1ccccc1. The lowest BCUT2D eigenvalue weighted by Crippen LogP contribution is -2.73. The van der Waals surface area contributed by atoms with E-state index in [4.69, 9.17) is 47.4 Å². The summed E-state index contributed by atoms with van der Waals surface area (Å²) in [6.45, 7) is 3.66. The third-order valence-corrected chi connectivity index (χ3v) is 9.01. The highest BCUT2D eigenvalue weighted by Gasteiger charge is 2.63. The molecular weight excluding hydrogens is 662 g/mol. The van der Waals surface area contributed by atoms with Crippen LogP contribution in [0.2, 0.25) is 0 Å². The molecule has 0 saturated carbocycles. The van der Waals surface area contributed by atoms with E-state index in [0.29, 0.717) is 6.61 Å². The number of hydrogen-bond donors (Lipinski definition) is 1. The minimum Gasteiger partial charge on any atom is -0.467 e. The number of carbonyl (C=O) groups is 2. The molecule has 5 rings (SSSR count). The van der Waals surface area contributed by atoms with E-state index in [1.165, 1.54) is 21.3 Å². The van der Waals surface area contributed by atoms with Crippen molar-refractivity contribution in [3.63, 3.8) is 0 Å². The van der Waals surface area contributed by atoms with Crippen LogP contribution in [0.25, 0.3) is 0 Å². The molecule has 51 heavy (non-hydrogen) atoms. The summed E-state index contributed by atoms with van der Waals surface area (Å²) in [6, 6.07) is 27.2. The maximum atomic E-state index is 12.8. The fraction of sp³-hybridized carbons (Fsp3) is 0.474. The maximum Gasteiger partial charge on any atom is 0.408 e. The summed E-state index contributed by atoms with van der Waals surface area (Å²) in [4.78, 5) is 25.6. The van der Waals surface area contributed by atoms with Gasteiger partial charge in [0.25, 0.3) is 0 Å². The van der Waals surface area contributed by atoms with Crippen LogP contribution < -0.4 is 5.32 Å². The van der Waals surface area contributed by atoms with E-state index in [1.54, 1.807) is 13.8 Å². The third-order valence-electron chi connectivity index (χ3n) is 9.01. The first kappa shape index (κ1) is 38.3. The number of amides is 1. The highest BCUT2D eigenvalue weighted by Crippen LogP contribution is 2.44. The van der Waals surface area contributed by atoms with Gasteiger partial charge < -0.3 is 52.7 Å². The first-order chi connectivity index (χ1) is 24.7. The molecule has 276 valence electrons. The lowest BCUT2D eigenvalue weighted by molar-refractivity contribution is -0.482. The summed E-state index contributed by atoms with van der Waals surface area (Å²) >= 11 is 0. The molecule has 0 radical (unpaired) electrons. The number of alkyl carbamates (subject to hydrolysis) is 1. The lowest BCUT2D eigenvalue weighted by Gasteiger charge is -2.57. The second-order valence-electron chi connectivity index (χ2n) is 12.4. The van der Waals surface area contributed by atoms with Crippen molar-refractivity contribution in [3.05, 3.63) is 108 Å². The number of esters is 1. The van der Waals surface area contributed by atoms with Gasteiger partial charge in [0.1, 0.15) is 31.0 Å². The molecule has 2 unspecified atom stereocenters. The number of nitrogens with one attached hydrogen (secondary N) is 1.